The van der Waals surface area contributed by atoms with Crippen molar-refractivity contribution in [3.05, 3.63) is 0 Å². The normalized spacial score (nSPS) is 13.4. The number of likely N-dealkylation sites (N-methyl/N-ethyl adjacent to an activating group) is 1. The lowest BCUT2D eigenvalue weighted by Crippen LogP contribution is -2.34. The largest absolute Gasteiger partial charge is 0.300 e. The van der Waals surface area contributed by atoms with Crippen LogP contribution in [0.4, 0.5) is 0 Å². The second kappa shape index (κ2) is 6.18. The van der Waals surface area contributed by atoms with Gasteiger partial charge in [0.05, 0.1) is 6.04 Å². The van der Waals surface area contributed by atoms with Crippen molar-refractivity contribution in [1.29, 1.82) is 0 Å². The zero-order valence-corrected chi connectivity index (χ0v) is 8.76. The van der Waals surface area contributed by atoms with E-state index in [4.69, 9.17) is 0 Å². The molecule has 0 saturated heterocycles. The van der Waals surface area contributed by atoms with E-state index in [-0.39, 0.29) is 6.04 Å². The van der Waals surface area contributed by atoms with Crippen LogP contribution >= 0.6 is 0 Å². The molecule has 0 heterocycles. The maximum absolute atomic E-state index is 11.5. The molecule has 0 aromatic rings. The predicted octanol–water partition coefficient (Wildman–Crippen LogP) is 2.09. The molecule has 0 aromatic carbocycles. The fourth-order valence-corrected chi connectivity index (χ4v) is 1.40. The van der Waals surface area contributed by atoms with Gasteiger partial charge in [-0.1, -0.05) is 20.3 Å². The quantitative estimate of drug-likeness (QED) is 0.610. The highest BCUT2D eigenvalue weighted by atomic mass is 16.1. The molecule has 0 aliphatic rings. The highest BCUT2D eigenvalue weighted by Crippen LogP contribution is 2.06. The molecule has 1 atom stereocenters. The second-order valence-electron chi connectivity index (χ2n) is 3.46. The fourth-order valence-electron chi connectivity index (χ4n) is 1.40. The van der Waals surface area contributed by atoms with Crippen LogP contribution in [0.1, 0.15) is 39.5 Å². The summed E-state index contributed by atoms with van der Waals surface area (Å²) in [5.74, 6) is 0.393. The van der Waals surface area contributed by atoms with Crippen LogP contribution in [0.5, 0.6) is 0 Å². The molecule has 2 heteroatoms. The summed E-state index contributed by atoms with van der Waals surface area (Å²) >= 11 is 0. The first kappa shape index (κ1) is 11.6. The third-order valence-electron chi connectivity index (χ3n) is 2.16. The first-order valence-corrected chi connectivity index (χ1v) is 4.82. The van der Waals surface area contributed by atoms with Gasteiger partial charge >= 0.3 is 0 Å². The minimum Gasteiger partial charge on any atom is -0.300 e. The van der Waals surface area contributed by atoms with E-state index in [0.717, 1.165) is 25.7 Å². The van der Waals surface area contributed by atoms with Crippen LogP contribution in [0.2, 0.25) is 0 Å². The Hall–Kier alpha value is -0.370. The summed E-state index contributed by atoms with van der Waals surface area (Å²) in [6.07, 6.45) is 3.81. The van der Waals surface area contributed by atoms with Gasteiger partial charge in [-0.3, -0.25) is 9.69 Å². The molecule has 0 spiro atoms. The van der Waals surface area contributed by atoms with E-state index in [0.29, 0.717) is 5.78 Å². The first-order chi connectivity index (χ1) is 5.63. The summed E-state index contributed by atoms with van der Waals surface area (Å²) in [5.41, 5.74) is 0. The fraction of sp³-hybridized carbons (Fsp3) is 0.900. The summed E-state index contributed by atoms with van der Waals surface area (Å²) in [4.78, 5) is 13.5. The standard InChI is InChI=1S/C10H21NO/c1-5-7-8-10(12)9(6-2)11(3)4/h9H,5-8H2,1-4H3/t9-/m0/s1. The zero-order chi connectivity index (χ0) is 9.56. The maximum atomic E-state index is 11.5. The molecule has 0 aliphatic carbocycles. The third-order valence-corrected chi connectivity index (χ3v) is 2.16. The smallest absolute Gasteiger partial charge is 0.149 e. The van der Waals surface area contributed by atoms with Gasteiger partial charge in [-0.25, -0.2) is 0 Å². The van der Waals surface area contributed by atoms with Crippen LogP contribution in [0.25, 0.3) is 0 Å². The van der Waals surface area contributed by atoms with E-state index in [2.05, 4.69) is 13.8 Å². The van der Waals surface area contributed by atoms with E-state index in [1.54, 1.807) is 0 Å². The molecule has 0 amide bonds. The number of unbranched alkanes of at least 4 members (excludes halogenated alkanes) is 1. The lowest BCUT2D eigenvalue weighted by atomic mass is 10.0. The van der Waals surface area contributed by atoms with Gasteiger partial charge in [0.1, 0.15) is 5.78 Å². The van der Waals surface area contributed by atoms with Crippen LogP contribution in [0.3, 0.4) is 0 Å². The van der Waals surface area contributed by atoms with E-state index in [9.17, 15) is 4.79 Å². The van der Waals surface area contributed by atoms with Crippen molar-refractivity contribution in [2.24, 2.45) is 0 Å². The molecular formula is C10H21NO. The lowest BCUT2D eigenvalue weighted by molar-refractivity contribution is -0.123. The molecule has 2 nitrogen and oxygen atoms in total. The number of ketones is 1. The number of nitrogens with zero attached hydrogens (tertiary/aromatic N) is 1. The van der Waals surface area contributed by atoms with Gasteiger partial charge in [-0.15, -0.1) is 0 Å². The molecule has 0 aliphatic heterocycles. The molecule has 72 valence electrons. The highest BCUT2D eigenvalue weighted by molar-refractivity contribution is 5.83. The van der Waals surface area contributed by atoms with E-state index >= 15 is 0 Å². The highest BCUT2D eigenvalue weighted by Gasteiger charge is 2.16. The zero-order valence-electron chi connectivity index (χ0n) is 8.76. The average Bonchev–Trinajstić information content (AvgIpc) is 2.01. The van der Waals surface area contributed by atoms with E-state index in [1.165, 1.54) is 0 Å². The van der Waals surface area contributed by atoms with Crippen LogP contribution < -0.4 is 0 Å². The minimum atomic E-state index is 0.136. The first-order valence-electron chi connectivity index (χ1n) is 4.82. The molecule has 0 fully saturated rings. The Morgan fingerprint density at radius 3 is 2.25 bits per heavy atom. The van der Waals surface area contributed by atoms with Crippen LogP contribution in [-0.4, -0.2) is 30.8 Å². The third kappa shape index (κ3) is 3.86. The number of carbonyl (C=O) groups excluding carboxylic acids is 1. The van der Waals surface area contributed by atoms with Gasteiger partial charge in [0.2, 0.25) is 0 Å². The number of hydrogen-bond acceptors (Lipinski definition) is 2. The maximum Gasteiger partial charge on any atom is 0.149 e. The Morgan fingerprint density at radius 2 is 1.92 bits per heavy atom. The van der Waals surface area contributed by atoms with Crippen molar-refractivity contribution in [2.75, 3.05) is 14.1 Å². The molecule has 0 unspecified atom stereocenters. The van der Waals surface area contributed by atoms with Crippen molar-refractivity contribution < 1.29 is 4.79 Å². The monoisotopic (exact) mass is 171 g/mol. The Kier molecular flexibility index (Phi) is 5.99. The van der Waals surface area contributed by atoms with E-state index in [1.807, 2.05) is 19.0 Å². The Morgan fingerprint density at radius 1 is 1.33 bits per heavy atom. The summed E-state index contributed by atoms with van der Waals surface area (Å²) < 4.78 is 0. The molecule has 12 heavy (non-hydrogen) atoms. The average molecular weight is 171 g/mol. The van der Waals surface area contributed by atoms with Crippen molar-refractivity contribution in [3.63, 3.8) is 0 Å². The molecule has 0 rings (SSSR count). The van der Waals surface area contributed by atoms with Crippen molar-refractivity contribution >= 4 is 5.78 Å². The number of Topliss-reactive ketones (excluding diaryl/α,β-unsaturated/α-hetero) is 1. The van der Waals surface area contributed by atoms with Gasteiger partial charge in [-0.05, 0) is 26.9 Å². The van der Waals surface area contributed by atoms with Gasteiger partial charge in [0.15, 0.2) is 0 Å². The van der Waals surface area contributed by atoms with Gasteiger partial charge in [0, 0.05) is 6.42 Å². The predicted molar refractivity (Wildman–Crippen MR) is 52.3 cm³/mol. The molecule has 0 bridgehead atoms. The summed E-state index contributed by atoms with van der Waals surface area (Å²) in [6, 6.07) is 0.136. The molecule has 0 saturated carbocycles. The van der Waals surface area contributed by atoms with Crippen LogP contribution in [0.15, 0.2) is 0 Å². The molecule has 0 aromatic heterocycles. The van der Waals surface area contributed by atoms with E-state index < -0.39 is 0 Å². The van der Waals surface area contributed by atoms with Crippen molar-refractivity contribution in [2.45, 2.75) is 45.6 Å². The number of rotatable bonds is 6. The second-order valence-corrected chi connectivity index (χ2v) is 3.46. The van der Waals surface area contributed by atoms with Gasteiger partial charge in [-0.2, -0.15) is 0 Å². The number of carbonyl (C=O) groups is 1. The van der Waals surface area contributed by atoms with Crippen molar-refractivity contribution in [1.82, 2.24) is 4.90 Å². The summed E-state index contributed by atoms with van der Waals surface area (Å²) in [6.45, 7) is 4.18. The van der Waals surface area contributed by atoms with Gasteiger partial charge in [0.25, 0.3) is 0 Å². The summed E-state index contributed by atoms with van der Waals surface area (Å²) in [5, 5.41) is 0. The van der Waals surface area contributed by atoms with Gasteiger partial charge < -0.3 is 0 Å². The molecular weight excluding hydrogens is 150 g/mol. The molecule has 0 radical (unpaired) electrons. The van der Waals surface area contributed by atoms with Crippen LogP contribution in [-0.2, 0) is 4.79 Å². The Labute approximate surface area is 75.9 Å². The number of hydrogen-bond donors (Lipinski definition) is 0. The summed E-state index contributed by atoms with van der Waals surface area (Å²) in [7, 11) is 3.94. The molecule has 0 N–H and O–H groups in total. The minimum absolute atomic E-state index is 0.136. The topological polar surface area (TPSA) is 20.3 Å². The Balaban J connectivity index is 3.86. The lowest BCUT2D eigenvalue weighted by Gasteiger charge is -2.21. The SMILES string of the molecule is CCCCC(=O)[C@H](CC)N(C)C. The van der Waals surface area contributed by atoms with Crippen molar-refractivity contribution in [3.8, 4) is 0 Å². The Bertz CT molecular complexity index is 132. The van der Waals surface area contributed by atoms with Crippen LogP contribution in [0, 0.1) is 0 Å².